The largest absolute Gasteiger partial charge is 0.392 e. The Morgan fingerprint density at radius 1 is 1.43 bits per heavy atom. The minimum atomic E-state index is -0.0538. The molecule has 1 nitrogen and oxygen atoms in total. The number of rotatable bonds is 5. The van der Waals surface area contributed by atoms with Crippen LogP contribution in [0, 0.1) is 5.92 Å². The molecular formula is C12H24OS. The fourth-order valence-corrected chi connectivity index (χ4v) is 3.58. The van der Waals surface area contributed by atoms with Crippen molar-refractivity contribution in [2.24, 2.45) is 5.92 Å². The molecule has 0 aromatic heterocycles. The van der Waals surface area contributed by atoms with Crippen LogP contribution in [-0.4, -0.2) is 22.2 Å². The van der Waals surface area contributed by atoms with Crippen LogP contribution >= 0.6 is 11.8 Å². The van der Waals surface area contributed by atoms with E-state index in [0.717, 1.165) is 6.42 Å². The first-order valence-electron chi connectivity index (χ1n) is 6.03. The lowest BCUT2D eigenvalue weighted by Gasteiger charge is -2.27. The van der Waals surface area contributed by atoms with Crippen LogP contribution in [0.25, 0.3) is 0 Å². The number of hydrogen-bond acceptors (Lipinski definition) is 2. The lowest BCUT2D eigenvalue weighted by Crippen LogP contribution is -2.27. The van der Waals surface area contributed by atoms with Crippen molar-refractivity contribution < 1.29 is 5.11 Å². The average molecular weight is 216 g/mol. The average Bonchev–Trinajstić information content (AvgIpc) is 2.19. The van der Waals surface area contributed by atoms with E-state index in [0.29, 0.717) is 11.2 Å². The minimum absolute atomic E-state index is 0.0538. The molecule has 0 aromatic rings. The van der Waals surface area contributed by atoms with Crippen LogP contribution in [0.5, 0.6) is 0 Å². The third-order valence-electron chi connectivity index (χ3n) is 3.07. The summed E-state index contributed by atoms with van der Waals surface area (Å²) in [5, 5.41) is 10.6. The Morgan fingerprint density at radius 3 is 2.79 bits per heavy atom. The molecule has 0 amide bonds. The van der Waals surface area contributed by atoms with E-state index in [9.17, 15) is 5.11 Å². The highest BCUT2D eigenvalue weighted by molar-refractivity contribution is 8.00. The van der Waals surface area contributed by atoms with E-state index >= 15 is 0 Å². The van der Waals surface area contributed by atoms with Gasteiger partial charge in [0.15, 0.2) is 0 Å². The van der Waals surface area contributed by atoms with Gasteiger partial charge in [-0.1, -0.05) is 33.1 Å². The molecule has 2 heteroatoms. The van der Waals surface area contributed by atoms with Crippen molar-refractivity contribution in [3.63, 3.8) is 0 Å². The van der Waals surface area contributed by atoms with Gasteiger partial charge >= 0.3 is 0 Å². The molecule has 0 spiro atoms. The van der Waals surface area contributed by atoms with Gasteiger partial charge in [-0.3, -0.25) is 0 Å². The van der Waals surface area contributed by atoms with Gasteiger partial charge in [0.05, 0.1) is 6.10 Å². The molecule has 3 atom stereocenters. The quantitative estimate of drug-likeness (QED) is 0.759. The highest BCUT2D eigenvalue weighted by Crippen LogP contribution is 2.30. The molecule has 1 N–H and O–H groups in total. The number of hydrogen-bond donors (Lipinski definition) is 1. The molecule has 0 aliphatic carbocycles. The Bertz CT molecular complexity index is 143. The Kier molecular flexibility index (Phi) is 5.95. The second-order valence-corrected chi connectivity index (χ2v) is 5.95. The highest BCUT2D eigenvalue weighted by atomic mass is 32.2. The zero-order chi connectivity index (χ0) is 10.4. The van der Waals surface area contributed by atoms with Gasteiger partial charge in [0.2, 0.25) is 0 Å². The van der Waals surface area contributed by atoms with Gasteiger partial charge in [0, 0.05) is 5.25 Å². The topological polar surface area (TPSA) is 20.2 Å². The Morgan fingerprint density at radius 2 is 2.21 bits per heavy atom. The summed E-state index contributed by atoms with van der Waals surface area (Å²) in [7, 11) is 0. The van der Waals surface area contributed by atoms with Crippen molar-refractivity contribution in [2.45, 2.75) is 63.7 Å². The molecule has 3 unspecified atom stereocenters. The van der Waals surface area contributed by atoms with Crippen LogP contribution in [0.1, 0.15) is 52.4 Å². The Hall–Kier alpha value is 0.310. The number of thioether (sulfide) groups is 1. The summed E-state index contributed by atoms with van der Waals surface area (Å²) in [5.74, 6) is 1.95. The minimum Gasteiger partial charge on any atom is -0.392 e. The third-order valence-corrected chi connectivity index (χ3v) is 4.57. The molecule has 1 saturated heterocycles. The van der Waals surface area contributed by atoms with E-state index in [4.69, 9.17) is 0 Å². The fraction of sp³-hybridized carbons (Fsp3) is 1.00. The molecule has 0 bridgehead atoms. The molecule has 1 heterocycles. The molecule has 1 rings (SSSR count). The predicted octanol–water partition coefficient (Wildman–Crippen LogP) is 3.46. The molecule has 1 aliphatic rings. The van der Waals surface area contributed by atoms with Gasteiger partial charge in [0.1, 0.15) is 0 Å². The molecule has 84 valence electrons. The van der Waals surface area contributed by atoms with Crippen LogP contribution < -0.4 is 0 Å². The van der Waals surface area contributed by atoms with Crippen LogP contribution in [-0.2, 0) is 0 Å². The number of aliphatic hydroxyl groups is 1. The molecule has 1 fully saturated rings. The first-order valence-corrected chi connectivity index (χ1v) is 7.08. The standard InChI is InChI=1S/C12H24OS/c1-3-6-10(2)9-11(13)12-7-4-5-8-14-12/h10-13H,3-9H2,1-2H3. The summed E-state index contributed by atoms with van der Waals surface area (Å²) in [6.45, 7) is 4.48. The van der Waals surface area contributed by atoms with Gasteiger partial charge in [-0.2, -0.15) is 11.8 Å². The lowest BCUT2D eigenvalue weighted by atomic mass is 9.95. The van der Waals surface area contributed by atoms with E-state index in [2.05, 4.69) is 13.8 Å². The van der Waals surface area contributed by atoms with E-state index in [1.807, 2.05) is 11.8 Å². The summed E-state index contributed by atoms with van der Waals surface area (Å²) < 4.78 is 0. The fourth-order valence-electron chi connectivity index (χ4n) is 2.24. The maximum absolute atomic E-state index is 10.1. The molecule has 0 radical (unpaired) electrons. The Balaban J connectivity index is 2.21. The second kappa shape index (κ2) is 6.73. The molecule has 1 aliphatic heterocycles. The first kappa shape index (κ1) is 12.4. The van der Waals surface area contributed by atoms with Crippen molar-refractivity contribution in [2.75, 3.05) is 5.75 Å². The van der Waals surface area contributed by atoms with Crippen molar-refractivity contribution in [3.8, 4) is 0 Å². The van der Waals surface area contributed by atoms with E-state index < -0.39 is 0 Å². The SMILES string of the molecule is CCCC(C)CC(O)C1CCCCS1. The smallest absolute Gasteiger partial charge is 0.0661 e. The molecule has 0 saturated carbocycles. The van der Waals surface area contributed by atoms with Crippen molar-refractivity contribution in [3.05, 3.63) is 0 Å². The summed E-state index contributed by atoms with van der Waals surface area (Å²) in [5.41, 5.74) is 0. The van der Waals surface area contributed by atoms with Crippen molar-refractivity contribution in [1.82, 2.24) is 0 Å². The van der Waals surface area contributed by atoms with Gasteiger partial charge in [-0.05, 0) is 30.9 Å². The van der Waals surface area contributed by atoms with Crippen molar-refractivity contribution >= 4 is 11.8 Å². The molecule has 0 aromatic carbocycles. The lowest BCUT2D eigenvalue weighted by molar-refractivity contribution is 0.135. The maximum Gasteiger partial charge on any atom is 0.0661 e. The van der Waals surface area contributed by atoms with E-state index in [-0.39, 0.29) is 6.10 Å². The highest BCUT2D eigenvalue weighted by Gasteiger charge is 2.23. The van der Waals surface area contributed by atoms with E-state index in [1.54, 1.807) is 0 Å². The third kappa shape index (κ3) is 4.22. The second-order valence-electron chi connectivity index (χ2n) is 4.60. The van der Waals surface area contributed by atoms with Gasteiger partial charge in [-0.25, -0.2) is 0 Å². The normalized spacial score (nSPS) is 27.2. The summed E-state index contributed by atoms with van der Waals surface area (Å²) in [4.78, 5) is 0. The van der Waals surface area contributed by atoms with Crippen LogP contribution in [0.2, 0.25) is 0 Å². The van der Waals surface area contributed by atoms with E-state index in [1.165, 1.54) is 37.9 Å². The number of aliphatic hydroxyl groups excluding tert-OH is 1. The maximum atomic E-state index is 10.1. The van der Waals surface area contributed by atoms with Gasteiger partial charge in [-0.15, -0.1) is 0 Å². The van der Waals surface area contributed by atoms with Crippen molar-refractivity contribution in [1.29, 1.82) is 0 Å². The summed E-state index contributed by atoms with van der Waals surface area (Å²) in [6.07, 6.45) is 7.34. The molecular weight excluding hydrogens is 192 g/mol. The van der Waals surface area contributed by atoms with Crippen LogP contribution in [0.4, 0.5) is 0 Å². The monoisotopic (exact) mass is 216 g/mol. The van der Waals surface area contributed by atoms with Gasteiger partial charge in [0.25, 0.3) is 0 Å². The van der Waals surface area contributed by atoms with Crippen LogP contribution in [0.15, 0.2) is 0 Å². The predicted molar refractivity (Wildman–Crippen MR) is 64.8 cm³/mol. The Labute approximate surface area is 92.7 Å². The van der Waals surface area contributed by atoms with Gasteiger partial charge < -0.3 is 5.11 Å². The van der Waals surface area contributed by atoms with Crippen LogP contribution in [0.3, 0.4) is 0 Å². The zero-order valence-electron chi connectivity index (χ0n) is 9.54. The molecule has 14 heavy (non-hydrogen) atoms. The summed E-state index contributed by atoms with van der Waals surface area (Å²) in [6, 6.07) is 0. The first-order chi connectivity index (χ1) is 6.74. The summed E-state index contributed by atoms with van der Waals surface area (Å²) >= 11 is 1.98. The zero-order valence-corrected chi connectivity index (χ0v) is 10.4.